The second-order valence-corrected chi connectivity index (χ2v) is 3.73. The molecule has 0 saturated heterocycles. The van der Waals surface area contributed by atoms with E-state index in [1.165, 1.54) is 0 Å². The molecule has 1 aromatic rings. The van der Waals surface area contributed by atoms with Gasteiger partial charge in [-0.3, -0.25) is 10.2 Å². The molecule has 0 aliphatic rings. The summed E-state index contributed by atoms with van der Waals surface area (Å²) in [5.41, 5.74) is 4.51. The molecule has 14 heavy (non-hydrogen) atoms. The zero-order valence-electron chi connectivity index (χ0n) is 8.25. The predicted octanol–water partition coefficient (Wildman–Crippen LogP) is 1.79. The van der Waals surface area contributed by atoms with Gasteiger partial charge >= 0.3 is 0 Å². The van der Waals surface area contributed by atoms with Gasteiger partial charge in [-0.25, -0.2) is 5.01 Å². The lowest BCUT2D eigenvalue weighted by atomic mass is 10.1. The molecule has 3 nitrogen and oxygen atoms in total. The van der Waals surface area contributed by atoms with Gasteiger partial charge in [0.15, 0.2) is 0 Å². The molecular weight excluding hydrogens is 244 g/mol. The number of amides is 1. The second-order valence-electron chi connectivity index (χ2n) is 3.17. The van der Waals surface area contributed by atoms with Crippen LogP contribution >= 0.6 is 15.9 Å². The lowest BCUT2D eigenvalue weighted by Crippen LogP contribution is -2.36. The Morgan fingerprint density at radius 2 is 1.93 bits per heavy atom. The maximum absolute atomic E-state index is 11.5. The molecule has 0 aromatic heterocycles. The molecule has 1 N–H and O–H groups in total. The van der Waals surface area contributed by atoms with Crippen LogP contribution in [-0.4, -0.2) is 25.0 Å². The molecule has 0 fully saturated rings. The number of hydrazine groups is 1. The van der Waals surface area contributed by atoms with E-state index < -0.39 is 0 Å². The van der Waals surface area contributed by atoms with Crippen molar-refractivity contribution in [3.05, 3.63) is 35.4 Å². The number of halogens is 1. The fourth-order valence-corrected chi connectivity index (χ4v) is 1.39. The van der Waals surface area contributed by atoms with Crippen LogP contribution in [0.5, 0.6) is 0 Å². The molecular formula is C10H13BrN2O. The minimum atomic E-state index is -0.0869. The van der Waals surface area contributed by atoms with E-state index in [2.05, 4.69) is 21.4 Å². The van der Waals surface area contributed by atoms with Crippen molar-refractivity contribution in [2.45, 2.75) is 5.33 Å². The highest BCUT2D eigenvalue weighted by Crippen LogP contribution is 2.07. The molecule has 0 heterocycles. The number of alkyl halides is 1. The van der Waals surface area contributed by atoms with Crippen LogP contribution in [0.3, 0.4) is 0 Å². The molecule has 1 rings (SSSR count). The largest absolute Gasteiger partial charge is 0.285 e. The van der Waals surface area contributed by atoms with Crippen LogP contribution in [0.15, 0.2) is 24.3 Å². The van der Waals surface area contributed by atoms with Crippen LogP contribution in [0.2, 0.25) is 0 Å². The second kappa shape index (κ2) is 5.12. The highest BCUT2D eigenvalue weighted by atomic mass is 79.9. The normalized spacial score (nSPS) is 10.3. The number of carbonyl (C=O) groups excluding carboxylic acids is 1. The molecule has 0 atom stereocenters. The van der Waals surface area contributed by atoms with Gasteiger partial charge in [-0.1, -0.05) is 28.1 Å². The summed E-state index contributed by atoms with van der Waals surface area (Å²) >= 11 is 3.35. The summed E-state index contributed by atoms with van der Waals surface area (Å²) in [4.78, 5) is 11.5. The van der Waals surface area contributed by atoms with Crippen molar-refractivity contribution in [3.63, 3.8) is 0 Å². The van der Waals surface area contributed by atoms with Crippen molar-refractivity contribution < 1.29 is 4.79 Å². The monoisotopic (exact) mass is 256 g/mol. The van der Waals surface area contributed by atoms with Crippen LogP contribution in [0.1, 0.15) is 15.9 Å². The molecule has 1 amide bonds. The van der Waals surface area contributed by atoms with Gasteiger partial charge in [-0.05, 0) is 17.7 Å². The summed E-state index contributed by atoms with van der Waals surface area (Å²) in [6.45, 7) is 0. The van der Waals surface area contributed by atoms with E-state index >= 15 is 0 Å². The third-order valence-electron chi connectivity index (χ3n) is 1.70. The molecule has 0 spiro atoms. The molecule has 0 aliphatic carbocycles. The van der Waals surface area contributed by atoms with E-state index in [9.17, 15) is 4.79 Å². The fourth-order valence-electron chi connectivity index (χ4n) is 1.01. The van der Waals surface area contributed by atoms with E-state index in [0.29, 0.717) is 5.56 Å². The summed E-state index contributed by atoms with van der Waals surface area (Å²) in [6.07, 6.45) is 0. The molecule has 0 radical (unpaired) electrons. The van der Waals surface area contributed by atoms with Gasteiger partial charge in [0.05, 0.1) is 0 Å². The summed E-state index contributed by atoms with van der Waals surface area (Å²) in [5.74, 6) is -0.0869. The third-order valence-corrected chi connectivity index (χ3v) is 2.34. The van der Waals surface area contributed by atoms with Gasteiger partial charge in [0, 0.05) is 25.0 Å². The van der Waals surface area contributed by atoms with Crippen LogP contribution < -0.4 is 5.43 Å². The molecule has 0 bridgehead atoms. The van der Waals surface area contributed by atoms with E-state index in [4.69, 9.17) is 0 Å². The highest BCUT2D eigenvalue weighted by molar-refractivity contribution is 9.08. The summed E-state index contributed by atoms with van der Waals surface area (Å²) in [7, 11) is 3.56. The zero-order valence-corrected chi connectivity index (χ0v) is 9.84. The maximum Gasteiger partial charge on any atom is 0.265 e. The summed E-state index contributed by atoms with van der Waals surface area (Å²) < 4.78 is 0. The van der Waals surface area contributed by atoms with Crippen molar-refractivity contribution in [1.82, 2.24) is 10.4 Å². The van der Waals surface area contributed by atoms with Crippen LogP contribution in [0.4, 0.5) is 0 Å². The van der Waals surface area contributed by atoms with Crippen molar-refractivity contribution in [2.24, 2.45) is 0 Å². The first-order valence-corrected chi connectivity index (χ1v) is 5.39. The Balaban J connectivity index is 2.71. The number of nitrogens with one attached hydrogen (secondary N) is 1. The van der Waals surface area contributed by atoms with Crippen LogP contribution in [0, 0.1) is 0 Å². The average Bonchev–Trinajstić information content (AvgIpc) is 2.17. The number of benzene rings is 1. The lowest BCUT2D eigenvalue weighted by Gasteiger charge is -2.11. The van der Waals surface area contributed by atoms with Crippen LogP contribution in [-0.2, 0) is 5.33 Å². The molecule has 0 saturated carbocycles. The summed E-state index contributed by atoms with van der Waals surface area (Å²) in [5, 5.41) is 2.43. The Morgan fingerprint density at radius 3 is 2.36 bits per heavy atom. The Morgan fingerprint density at radius 1 is 1.36 bits per heavy atom. The molecule has 76 valence electrons. The first-order valence-electron chi connectivity index (χ1n) is 4.26. The summed E-state index contributed by atoms with van der Waals surface area (Å²) in [6, 6.07) is 7.49. The van der Waals surface area contributed by atoms with E-state index in [1.807, 2.05) is 24.3 Å². The van der Waals surface area contributed by atoms with Gasteiger partial charge in [-0.15, -0.1) is 0 Å². The molecule has 4 heteroatoms. The highest BCUT2D eigenvalue weighted by Gasteiger charge is 2.04. The van der Waals surface area contributed by atoms with Gasteiger partial charge in [-0.2, -0.15) is 0 Å². The van der Waals surface area contributed by atoms with E-state index in [-0.39, 0.29) is 5.91 Å². The van der Waals surface area contributed by atoms with Crippen molar-refractivity contribution in [2.75, 3.05) is 14.1 Å². The van der Waals surface area contributed by atoms with Gasteiger partial charge < -0.3 is 0 Å². The SMILES string of the molecule is CN(C)NC(=O)c1ccc(CBr)cc1. The number of hydrogen-bond acceptors (Lipinski definition) is 2. The first-order chi connectivity index (χ1) is 6.63. The first kappa shape index (κ1) is 11.2. The predicted molar refractivity (Wildman–Crippen MR) is 60.2 cm³/mol. The number of carbonyl (C=O) groups is 1. The maximum atomic E-state index is 11.5. The average molecular weight is 257 g/mol. The number of nitrogens with zero attached hydrogens (tertiary/aromatic N) is 1. The Hall–Kier alpha value is -0.870. The molecule has 0 unspecified atom stereocenters. The van der Waals surface area contributed by atoms with Gasteiger partial charge in [0.1, 0.15) is 0 Å². The van der Waals surface area contributed by atoms with Gasteiger partial charge in [0.25, 0.3) is 5.91 Å². The van der Waals surface area contributed by atoms with E-state index in [0.717, 1.165) is 10.9 Å². The zero-order chi connectivity index (χ0) is 10.6. The quantitative estimate of drug-likeness (QED) is 0.661. The molecule has 0 aliphatic heterocycles. The van der Waals surface area contributed by atoms with Crippen LogP contribution in [0.25, 0.3) is 0 Å². The minimum Gasteiger partial charge on any atom is -0.285 e. The topological polar surface area (TPSA) is 32.3 Å². The third kappa shape index (κ3) is 3.12. The Bertz CT molecular complexity index is 308. The lowest BCUT2D eigenvalue weighted by molar-refractivity contribution is 0.0857. The van der Waals surface area contributed by atoms with Crippen molar-refractivity contribution in [3.8, 4) is 0 Å². The Labute approximate surface area is 92.2 Å². The standard InChI is InChI=1S/C10H13BrN2O/c1-13(2)12-10(14)9-5-3-8(7-11)4-6-9/h3-6H,7H2,1-2H3,(H,12,14). The number of rotatable bonds is 3. The molecule has 1 aromatic carbocycles. The van der Waals surface area contributed by atoms with Crippen molar-refractivity contribution >= 4 is 21.8 Å². The van der Waals surface area contributed by atoms with E-state index in [1.54, 1.807) is 19.1 Å². The van der Waals surface area contributed by atoms with Gasteiger partial charge in [0.2, 0.25) is 0 Å². The van der Waals surface area contributed by atoms with Crippen molar-refractivity contribution in [1.29, 1.82) is 0 Å². The minimum absolute atomic E-state index is 0.0869. The smallest absolute Gasteiger partial charge is 0.265 e. The number of hydrogen-bond donors (Lipinski definition) is 1. The fraction of sp³-hybridized carbons (Fsp3) is 0.300. The Kier molecular flexibility index (Phi) is 4.10.